The van der Waals surface area contributed by atoms with E-state index in [1.54, 1.807) is 26.0 Å². The highest BCUT2D eigenvalue weighted by Gasteiger charge is 2.47. The molecule has 180 valence electrons. The first kappa shape index (κ1) is 27.6. The molecule has 3 rings (SSSR count). The van der Waals surface area contributed by atoms with Gasteiger partial charge >= 0.3 is 5.97 Å². The van der Waals surface area contributed by atoms with Crippen molar-refractivity contribution in [2.24, 2.45) is 5.92 Å². The number of hydrogen-bond acceptors (Lipinski definition) is 5. The van der Waals surface area contributed by atoms with Crippen LogP contribution < -0.4 is 5.32 Å². The number of carbonyl (C=O) groups excluding carboxylic acids is 4. The minimum atomic E-state index is -1.26. The molecule has 2 aromatic carbocycles. The molecule has 1 aliphatic rings. The van der Waals surface area contributed by atoms with Gasteiger partial charge in [-0.2, -0.15) is 0 Å². The van der Waals surface area contributed by atoms with Crippen molar-refractivity contribution in [1.82, 2.24) is 4.90 Å². The average molecular weight is 765 g/mol. The lowest BCUT2D eigenvalue weighted by atomic mass is 10.0. The first-order valence-electron chi connectivity index (χ1n) is 9.52. The predicted molar refractivity (Wildman–Crippen MR) is 142 cm³/mol. The molecule has 0 aromatic heterocycles. The van der Waals surface area contributed by atoms with Gasteiger partial charge in [0.1, 0.15) is 6.04 Å². The number of nitrogens with zero attached hydrogens (tertiary/aromatic N) is 1. The van der Waals surface area contributed by atoms with Crippen LogP contribution in [0.4, 0.5) is 5.69 Å². The summed E-state index contributed by atoms with van der Waals surface area (Å²) in [5, 5.41) is 2.89. The quantitative estimate of drug-likeness (QED) is 0.151. The molecule has 1 aliphatic heterocycles. The van der Waals surface area contributed by atoms with E-state index in [0.29, 0.717) is 17.9 Å². The van der Waals surface area contributed by atoms with Gasteiger partial charge in [-0.15, -0.1) is 0 Å². The Morgan fingerprint density at radius 3 is 2.00 bits per heavy atom. The summed E-state index contributed by atoms with van der Waals surface area (Å²) < 4.78 is 6.96. The SMILES string of the molecule is CC(C)[C@@H](C(=O)OCC(=O)Nc1cccc(Cl)c1Cl)N1C(=O)c2c(Br)c(Br)c(Br)c(Br)c2C1=O. The average Bonchev–Trinajstić information content (AvgIpc) is 3.03. The molecule has 0 bridgehead atoms. The lowest BCUT2D eigenvalue weighted by molar-refractivity contribution is -0.152. The Morgan fingerprint density at radius 2 is 1.50 bits per heavy atom. The number of fused-ring (bicyclic) bond motifs is 1. The molecule has 13 heteroatoms. The van der Waals surface area contributed by atoms with E-state index in [2.05, 4.69) is 69.0 Å². The standard InChI is InChI=1S/C21H14Br4Cl2N2O5/c1-7(2)18(21(33)34-6-10(30)28-9-5-3-4-8(26)17(9)27)29-19(31)11-12(20(29)32)14(23)16(25)15(24)13(11)22/h3-5,7,18H,6H2,1-2H3,(H,28,30)/t18-/m0/s1. The Bertz CT molecular complexity index is 1190. The van der Waals surface area contributed by atoms with Gasteiger partial charge in [-0.05, 0) is 81.8 Å². The number of anilines is 1. The number of hydrogen-bond donors (Lipinski definition) is 1. The maximum Gasteiger partial charge on any atom is 0.330 e. The van der Waals surface area contributed by atoms with Crippen LogP contribution in [0.3, 0.4) is 0 Å². The summed E-state index contributed by atoms with van der Waals surface area (Å²) in [5.74, 6) is -3.38. The minimum absolute atomic E-state index is 0.110. The fraction of sp³-hybridized carbons (Fsp3) is 0.238. The summed E-state index contributed by atoms with van der Waals surface area (Å²) in [4.78, 5) is 52.6. The number of esters is 1. The van der Waals surface area contributed by atoms with E-state index in [-0.39, 0.29) is 26.9 Å². The number of imide groups is 1. The zero-order valence-corrected chi connectivity index (χ0v) is 25.2. The lowest BCUT2D eigenvalue weighted by Crippen LogP contribution is -2.49. The largest absolute Gasteiger partial charge is 0.454 e. The van der Waals surface area contributed by atoms with Crippen LogP contribution in [0, 0.1) is 5.92 Å². The van der Waals surface area contributed by atoms with Crippen LogP contribution in [-0.2, 0) is 14.3 Å². The van der Waals surface area contributed by atoms with E-state index in [9.17, 15) is 19.2 Å². The van der Waals surface area contributed by atoms with E-state index in [1.807, 2.05) is 0 Å². The number of rotatable bonds is 6. The van der Waals surface area contributed by atoms with Crippen molar-refractivity contribution >= 4 is 116 Å². The van der Waals surface area contributed by atoms with Gasteiger partial charge in [-0.1, -0.05) is 43.1 Å². The van der Waals surface area contributed by atoms with Crippen molar-refractivity contribution in [2.75, 3.05) is 11.9 Å². The van der Waals surface area contributed by atoms with Crippen LogP contribution in [0.2, 0.25) is 10.0 Å². The number of halogens is 6. The summed E-state index contributed by atoms with van der Waals surface area (Å²) in [6, 6.07) is 3.43. The fourth-order valence-corrected chi connectivity index (χ4v) is 6.11. The van der Waals surface area contributed by atoms with Crippen molar-refractivity contribution in [3.8, 4) is 0 Å². The molecule has 34 heavy (non-hydrogen) atoms. The van der Waals surface area contributed by atoms with Gasteiger partial charge in [0.25, 0.3) is 17.7 Å². The van der Waals surface area contributed by atoms with Crippen LogP contribution in [0.25, 0.3) is 0 Å². The van der Waals surface area contributed by atoms with E-state index in [1.165, 1.54) is 6.07 Å². The smallest absolute Gasteiger partial charge is 0.330 e. The van der Waals surface area contributed by atoms with Crippen LogP contribution in [0.1, 0.15) is 34.6 Å². The van der Waals surface area contributed by atoms with Crippen LogP contribution in [0.5, 0.6) is 0 Å². The molecule has 0 spiro atoms. The molecule has 0 radical (unpaired) electrons. The first-order chi connectivity index (χ1) is 15.9. The Kier molecular flexibility index (Phi) is 8.90. The third-order valence-electron chi connectivity index (χ3n) is 4.85. The maximum absolute atomic E-state index is 13.2. The second-order valence-electron chi connectivity index (χ2n) is 7.43. The van der Waals surface area contributed by atoms with Crippen LogP contribution in [-0.4, -0.2) is 41.2 Å². The minimum Gasteiger partial charge on any atom is -0.454 e. The summed E-state index contributed by atoms with van der Waals surface area (Å²) in [6.07, 6.45) is 0. The molecule has 1 atom stereocenters. The molecule has 1 N–H and O–H groups in total. The zero-order chi connectivity index (χ0) is 25.5. The number of amides is 3. The zero-order valence-electron chi connectivity index (χ0n) is 17.4. The van der Waals surface area contributed by atoms with Gasteiger partial charge in [-0.25, -0.2) is 4.79 Å². The van der Waals surface area contributed by atoms with Crippen molar-refractivity contribution in [3.05, 3.63) is 57.3 Å². The second-order valence-corrected chi connectivity index (χ2v) is 11.4. The van der Waals surface area contributed by atoms with E-state index in [4.69, 9.17) is 27.9 Å². The van der Waals surface area contributed by atoms with Gasteiger partial charge in [0.2, 0.25) is 0 Å². The molecule has 0 saturated carbocycles. The van der Waals surface area contributed by atoms with Gasteiger partial charge < -0.3 is 10.1 Å². The van der Waals surface area contributed by atoms with Gasteiger partial charge in [-0.3, -0.25) is 19.3 Å². The van der Waals surface area contributed by atoms with Crippen molar-refractivity contribution in [1.29, 1.82) is 0 Å². The number of ether oxygens (including phenoxy) is 1. The number of carbonyl (C=O) groups is 4. The molecule has 0 aliphatic carbocycles. The number of nitrogens with one attached hydrogen (secondary N) is 1. The monoisotopic (exact) mass is 760 g/mol. The maximum atomic E-state index is 13.2. The Balaban J connectivity index is 1.81. The van der Waals surface area contributed by atoms with Crippen LogP contribution in [0.15, 0.2) is 36.1 Å². The Morgan fingerprint density at radius 1 is 0.971 bits per heavy atom. The third kappa shape index (κ3) is 5.10. The summed E-state index contributed by atoms with van der Waals surface area (Å²) >= 11 is 25.4. The number of benzene rings is 2. The second kappa shape index (κ2) is 11.0. The molecule has 0 fully saturated rings. The van der Waals surface area contributed by atoms with Gasteiger partial charge in [0.05, 0.1) is 26.9 Å². The Hall–Kier alpha value is -0.980. The molecule has 2 aromatic rings. The highest BCUT2D eigenvalue weighted by atomic mass is 79.9. The normalized spacial score (nSPS) is 13.9. The summed E-state index contributed by atoms with van der Waals surface area (Å²) in [6.45, 7) is 2.67. The van der Waals surface area contributed by atoms with Crippen molar-refractivity contribution < 1.29 is 23.9 Å². The molecule has 7 nitrogen and oxygen atoms in total. The molecule has 0 unspecified atom stereocenters. The van der Waals surface area contributed by atoms with Crippen molar-refractivity contribution in [3.63, 3.8) is 0 Å². The molecular formula is C21H14Br4Cl2N2O5. The van der Waals surface area contributed by atoms with E-state index < -0.39 is 42.3 Å². The van der Waals surface area contributed by atoms with Crippen molar-refractivity contribution in [2.45, 2.75) is 19.9 Å². The third-order valence-corrected chi connectivity index (χ3v) is 10.4. The topological polar surface area (TPSA) is 92.8 Å². The summed E-state index contributed by atoms with van der Waals surface area (Å²) in [5.41, 5.74) is 0.472. The van der Waals surface area contributed by atoms with Gasteiger partial charge in [0, 0.05) is 17.9 Å². The lowest BCUT2D eigenvalue weighted by Gasteiger charge is -2.27. The highest BCUT2D eigenvalue weighted by molar-refractivity contribution is 9.15. The molecule has 3 amide bonds. The molecule has 1 heterocycles. The predicted octanol–water partition coefficient (Wildman–Crippen LogP) is 6.85. The highest BCUT2D eigenvalue weighted by Crippen LogP contribution is 2.46. The van der Waals surface area contributed by atoms with E-state index >= 15 is 0 Å². The summed E-state index contributed by atoms with van der Waals surface area (Å²) in [7, 11) is 0. The van der Waals surface area contributed by atoms with Gasteiger partial charge in [0.15, 0.2) is 6.61 Å². The molecular weight excluding hydrogens is 751 g/mol. The van der Waals surface area contributed by atoms with Crippen LogP contribution >= 0.6 is 86.9 Å². The first-order valence-corrected chi connectivity index (χ1v) is 13.5. The Labute approximate surface area is 238 Å². The van der Waals surface area contributed by atoms with E-state index in [0.717, 1.165) is 4.90 Å². The molecule has 0 saturated heterocycles. The fourth-order valence-electron chi connectivity index (χ4n) is 3.30.